The number of hydrogen-bond acceptors (Lipinski definition) is 6. The van der Waals surface area contributed by atoms with Crippen LogP contribution in [0.2, 0.25) is 13.1 Å². The summed E-state index contributed by atoms with van der Waals surface area (Å²) in [6.45, 7) is 13.7. The molecule has 0 spiro atoms. The third kappa shape index (κ3) is 5.37. The van der Waals surface area contributed by atoms with Gasteiger partial charge in [-0.25, -0.2) is 4.79 Å². The Kier molecular flexibility index (Phi) is 7.73. The average molecular weight is 451 g/mol. The standard InChI is InChI=1S/C23H34O7Si/c1-12(15(24)11-16(25)26)9-10-14-19(23(3,4)5)18-17(13(2)20(14)28-6)22(29-21(18)27)30-31(7)8/h9,15,22,24,31H,10-11H2,1-8H3,(H,25,26). The number of carbonyl (C=O) groups is 2. The van der Waals surface area contributed by atoms with Crippen LogP contribution in [0.4, 0.5) is 0 Å². The van der Waals surface area contributed by atoms with Gasteiger partial charge in [-0.05, 0) is 49.9 Å². The van der Waals surface area contributed by atoms with E-state index in [4.69, 9.17) is 19.0 Å². The lowest BCUT2D eigenvalue weighted by Crippen LogP contribution is -2.21. The topological polar surface area (TPSA) is 102 Å². The molecule has 0 radical (unpaired) electrons. The number of methoxy groups -OCH3 is 1. The van der Waals surface area contributed by atoms with E-state index in [0.29, 0.717) is 23.3 Å². The molecule has 31 heavy (non-hydrogen) atoms. The quantitative estimate of drug-likeness (QED) is 0.353. The molecule has 1 aromatic carbocycles. The minimum Gasteiger partial charge on any atom is -0.496 e. The first-order valence-electron chi connectivity index (χ1n) is 10.5. The van der Waals surface area contributed by atoms with Crippen molar-refractivity contribution in [2.24, 2.45) is 0 Å². The van der Waals surface area contributed by atoms with Gasteiger partial charge in [-0.2, -0.15) is 0 Å². The molecule has 7 nitrogen and oxygen atoms in total. The minimum atomic E-state index is -1.48. The van der Waals surface area contributed by atoms with E-state index < -0.39 is 38.8 Å². The van der Waals surface area contributed by atoms with Gasteiger partial charge in [-0.1, -0.05) is 26.8 Å². The maximum Gasteiger partial charge on any atom is 0.341 e. The van der Waals surface area contributed by atoms with Crippen molar-refractivity contribution in [3.05, 3.63) is 39.5 Å². The molecular formula is C23H34O7Si. The lowest BCUT2D eigenvalue weighted by atomic mass is 9.76. The van der Waals surface area contributed by atoms with Crippen LogP contribution in [0.3, 0.4) is 0 Å². The lowest BCUT2D eigenvalue weighted by molar-refractivity contribution is -0.138. The second-order valence-corrected chi connectivity index (χ2v) is 11.6. The average Bonchev–Trinajstić information content (AvgIpc) is 2.93. The van der Waals surface area contributed by atoms with Gasteiger partial charge in [0.05, 0.1) is 25.2 Å². The highest BCUT2D eigenvalue weighted by Gasteiger charge is 2.41. The van der Waals surface area contributed by atoms with Crippen LogP contribution in [0.1, 0.15) is 73.0 Å². The first-order chi connectivity index (χ1) is 14.3. The van der Waals surface area contributed by atoms with E-state index in [1.54, 1.807) is 20.1 Å². The van der Waals surface area contributed by atoms with Crippen molar-refractivity contribution in [3.8, 4) is 5.75 Å². The van der Waals surface area contributed by atoms with Crippen molar-refractivity contribution in [1.82, 2.24) is 0 Å². The highest BCUT2D eigenvalue weighted by Crippen LogP contribution is 2.47. The number of carboxylic acids is 1. The first kappa shape index (κ1) is 25.1. The fraction of sp³-hybridized carbons (Fsp3) is 0.565. The molecule has 0 aromatic heterocycles. The summed E-state index contributed by atoms with van der Waals surface area (Å²) in [5.41, 5.74) is 3.85. The molecule has 0 saturated carbocycles. The zero-order valence-corrected chi connectivity index (χ0v) is 20.8. The number of allylic oxidation sites excluding steroid dienone is 1. The number of hydrogen-bond donors (Lipinski definition) is 2. The molecular weight excluding hydrogens is 416 g/mol. The van der Waals surface area contributed by atoms with Crippen LogP contribution in [0, 0.1) is 6.92 Å². The van der Waals surface area contributed by atoms with Crippen LogP contribution in [-0.2, 0) is 25.8 Å². The summed E-state index contributed by atoms with van der Waals surface area (Å²) in [4.78, 5) is 23.9. The van der Waals surface area contributed by atoms with Crippen LogP contribution in [0.5, 0.6) is 5.75 Å². The second kappa shape index (κ2) is 9.54. The molecule has 2 atom stereocenters. The van der Waals surface area contributed by atoms with Crippen molar-refractivity contribution < 1.29 is 33.7 Å². The maximum absolute atomic E-state index is 12.9. The van der Waals surface area contributed by atoms with E-state index in [1.165, 1.54) is 0 Å². The summed E-state index contributed by atoms with van der Waals surface area (Å²) < 4.78 is 17.4. The van der Waals surface area contributed by atoms with E-state index in [0.717, 1.165) is 22.3 Å². The number of rotatable bonds is 8. The highest BCUT2D eigenvalue weighted by atomic mass is 28.3. The maximum atomic E-state index is 12.9. The Morgan fingerprint density at radius 1 is 1.32 bits per heavy atom. The smallest absolute Gasteiger partial charge is 0.341 e. The monoisotopic (exact) mass is 450 g/mol. The van der Waals surface area contributed by atoms with E-state index in [1.807, 2.05) is 40.8 Å². The van der Waals surface area contributed by atoms with Gasteiger partial charge in [0.25, 0.3) is 0 Å². The molecule has 0 aliphatic carbocycles. The number of aliphatic hydroxyl groups is 1. The zero-order chi connectivity index (χ0) is 23.7. The predicted octanol–water partition coefficient (Wildman–Crippen LogP) is 3.79. The summed E-state index contributed by atoms with van der Waals surface area (Å²) in [5, 5.41) is 19.1. The molecule has 2 rings (SSSR count). The predicted molar refractivity (Wildman–Crippen MR) is 120 cm³/mol. The number of ether oxygens (including phenoxy) is 2. The zero-order valence-electron chi connectivity index (χ0n) is 19.7. The number of aliphatic hydroxyl groups excluding tert-OH is 1. The molecule has 2 unspecified atom stereocenters. The molecule has 1 aliphatic rings. The second-order valence-electron chi connectivity index (χ2n) is 9.24. The van der Waals surface area contributed by atoms with E-state index in [-0.39, 0.29) is 6.42 Å². The van der Waals surface area contributed by atoms with Crippen LogP contribution < -0.4 is 4.74 Å². The third-order valence-electron chi connectivity index (χ3n) is 5.37. The van der Waals surface area contributed by atoms with Gasteiger partial charge in [-0.15, -0.1) is 0 Å². The van der Waals surface area contributed by atoms with Gasteiger partial charge in [0.1, 0.15) is 5.75 Å². The van der Waals surface area contributed by atoms with Crippen LogP contribution in [0.25, 0.3) is 0 Å². The number of carboxylic acid groups (broad SMARTS) is 1. The Bertz CT molecular complexity index is 896. The highest BCUT2D eigenvalue weighted by molar-refractivity contribution is 6.48. The van der Waals surface area contributed by atoms with Gasteiger partial charge >= 0.3 is 11.9 Å². The summed E-state index contributed by atoms with van der Waals surface area (Å²) in [6, 6.07) is 0. The van der Waals surface area contributed by atoms with Gasteiger partial charge in [0, 0.05) is 16.7 Å². The first-order valence-corrected chi connectivity index (χ1v) is 13.2. The lowest BCUT2D eigenvalue weighted by Gasteiger charge is -2.28. The van der Waals surface area contributed by atoms with E-state index in [2.05, 4.69) is 0 Å². The molecule has 0 amide bonds. The number of benzene rings is 1. The summed E-state index contributed by atoms with van der Waals surface area (Å²) in [7, 11) is 0.110. The number of aliphatic carboxylic acids is 1. The normalized spacial score (nSPS) is 17.5. The SMILES string of the molecule is COc1c(C)c2c(c(C(C)(C)C)c1CC=C(C)C(O)CC(=O)O)C(=O)OC2O[SiH](C)C. The van der Waals surface area contributed by atoms with E-state index >= 15 is 0 Å². The third-order valence-corrected chi connectivity index (χ3v) is 6.16. The summed E-state index contributed by atoms with van der Waals surface area (Å²) in [6.07, 6.45) is 0.00864. The van der Waals surface area contributed by atoms with Crippen molar-refractivity contribution in [2.75, 3.05) is 7.11 Å². The molecule has 1 aliphatic heterocycles. The molecule has 1 aromatic rings. The largest absolute Gasteiger partial charge is 0.496 e. The Labute approximate surface area is 185 Å². The minimum absolute atomic E-state index is 0.362. The van der Waals surface area contributed by atoms with Crippen LogP contribution in [0.15, 0.2) is 11.6 Å². The fourth-order valence-corrected chi connectivity index (χ4v) is 4.71. The Balaban J connectivity index is 2.70. The Morgan fingerprint density at radius 3 is 2.42 bits per heavy atom. The van der Waals surface area contributed by atoms with Crippen molar-refractivity contribution in [1.29, 1.82) is 0 Å². The van der Waals surface area contributed by atoms with Crippen LogP contribution in [-0.4, -0.2) is 44.4 Å². The molecule has 1 heterocycles. The van der Waals surface area contributed by atoms with E-state index in [9.17, 15) is 14.7 Å². The van der Waals surface area contributed by atoms with Crippen LogP contribution >= 0.6 is 0 Å². The number of fused-ring (bicyclic) bond motifs is 1. The summed E-state index contributed by atoms with van der Waals surface area (Å²) in [5.74, 6) is -0.819. The summed E-state index contributed by atoms with van der Waals surface area (Å²) >= 11 is 0. The van der Waals surface area contributed by atoms with Crippen molar-refractivity contribution in [3.63, 3.8) is 0 Å². The Morgan fingerprint density at radius 2 is 1.94 bits per heavy atom. The molecule has 8 heteroatoms. The number of esters is 1. The molecule has 0 fully saturated rings. The molecule has 2 N–H and O–H groups in total. The van der Waals surface area contributed by atoms with Gasteiger partial charge in [0.15, 0.2) is 9.04 Å². The fourth-order valence-electron chi connectivity index (χ4n) is 4.02. The number of cyclic esters (lactones) is 1. The molecule has 0 bridgehead atoms. The van der Waals surface area contributed by atoms with Crippen molar-refractivity contribution in [2.45, 2.75) is 78.4 Å². The number of carbonyl (C=O) groups excluding carboxylic acids is 1. The van der Waals surface area contributed by atoms with Gasteiger partial charge in [-0.3, -0.25) is 4.79 Å². The van der Waals surface area contributed by atoms with Gasteiger partial charge in [0.2, 0.25) is 6.29 Å². The molecule has 0 saturated heterocycles. The van der Waals surface area contributed by atoms with Gasteiger partial charge < -0.3 is 24.1 Å². The van der Waals surface area contributed by atoms with Crippen molar-refractivity contribution >= 4 is 21.0 Å². The Hall–Kier alpha value is -2.16. The molecule has 172 valence electrons.